The number of nitrogens with one attached hydrogen (secondary N) is 2. The molecule has 0 saturated heterocycles. The quantitative estimate of drug-likeness (QED) is 0.461. The molecule has 9 nitrogen and oxygen atoms in total. The highest BCUT2D eigenvalue weighted by molar-refractivity contribution is 7.89. The molecule has 0 aromatic heterocycles. The lowest BCUT2D eigenvalue weighted by Crippen LogP contribution is -2.37. The summed E-state index contributed by atoms with van der Waals surface area (Å²) < 4.78 is 49.7. The lowest BCUT2D eigenvalue weighted by Gasteiger charge is -2.23. The van der Waals surface area contributed by atoms with Crippen molar-refractivity contribution in [3.8, 4) is 11.5 Å². The highest BCUT2D eigenvalue weighted by Gasteiger charge is 2.27. The Kier molecular flexibility index (Phi) is 9.45. The summed E-state index contributed by atoms with van der Waals surface area (Å²) in [5, 5.41) is 2.69. The lowest BCUT2D eigenvalue weighted by molar-refractivity contribution is -0.127. The van der Waals surface area contributed by atoms with Crippen LogP contribution in [0.2, 0.25) is 0 Å². The Bertz CT molecular complexity index is 990. The molecule has 0 radical (unpaired) electrons. The van der Waals surface area contributed by atoms with Crippen molar-refractivity contribution in [3.63, 3.8) is 0 Å². The number of hydrogen-bond acceptors (Lipinski definition) is 7. The van der Waals surface area contributed by atoms with Gasteiger partial charge in [0.15, 0.2) is 17.8 Å². The standard InChI is InChI=1S/C22H30N2O7S/c1-15-9-11-16(12-10-15)32(26,27)24-18(13-20(25)23-14-21(29-3)30-4)17-7-6-8-19(28-2)22(17)31-5/h6-12,18,21,24H,13-14H2,1-5H3,(H,23,25). The Hall–Kier alpha value is -2.66. The van der Waals surface area contributed by atoms with Crippen LogP contribution in [0.4, 0.5) is 0 Å². The molecule has 32 heavy (non-hydrogen) atoms. The van der Waals surface area contributed by atoms with Crippen LogP contribution < -0.4 is 19.5 Å². The fourth-order valence-corrected chi connectivity index (χ4v) is 4.31. The van der Waals surface area contributed by atoms with Gasteiger partial charge < -0.3 is 24.3 Å². The number of amides is 1. The first-order valence-corrected chi connectivity index (χ1v) is 11.4. The maximum Gasteiger partial charge on any atom is 0.241 e. The van der Waals surface area contributed by atoms with Crippen LogP contribution in [0.1, 0.15) is 23.6 Å². The Labute approximate surface area is 189 Å². The molecular formula is C22H30N2O7S. The second-order valence-corrected chi connectivity index (χ2v) is 8.69. The Morgan fingerprint density at radius 2 is 1.62 bits per heavy atom. The van der Waals surface area contributed by atoms with Gasteiger partial charge in [-0.05, 0) is 25.1 Å². The maximum atomic E-state index is 13.1. The number of benzene rings is 2. The van der Waals surface area contributed by atoms with Gasteiger partial charge in [0.1, 0.15) is 0 Å². The van der Waals surface area contributed by atoms with E-state index in [4.69, 9.17) is 18.9 Å². The number of methoxy groups -OCH3 is 4. The van der Waals surface area contributed by atoms with E-state index in [1.165, 1.54) is 40.6 Å². The normalized spacial score (nSPS) is 12.4. The van der Waals surface area contributed by atoms with E-state index in [1.54, 1.807) is 30.3 Å². The molecule has 0 saturated carbocycles. The molecule has 176 valence electrons. The number of carbonyl (C=O) groups excluding carboxylic acids is 1. The monoisotopic (exact) mass is 466 g/mol. The second kappa shape index (κ2) is 11.8. The molecule has 10 heteroatoms. The van der Waals surface area contributed by atoms with E-state index in [0.717, 1.165) is 5.56 Å². The number of carbonyl (C=O) groups is 1. The largest absolute Gasteiger partial charge is 0.493 e. The van der Waals surface area contributed by atoms with Gasteiger partial charge >= 0.3 is 0 Å². The van der Waals surface area contributed by atoms with Gasteiger partial charge in [-0.25, -0.2) is 13.1 Å². The highest BCUT2D eigenvalue weighted by Crippen LogP contribution is 2.36. The second-order valence-electron chi connectivity index (χ2n) is 6.98. The average molecular weight is 467 g/mol. The maximum absolute atomic E-state index is 13.1. The van der Waals surface area contributed by atoms with Crippen molar-refractivity contribution < 1.29 is 32.2 Å². The van der Waals surface area contributed by atoms with Crippen LogP contribution in [0.3, 0.4) is 0 Å². The Balaban J connectivity index is 2.37. The van der Waals surface area contributed by atoms with Crippen LogP contribution in [0.5, 0.6) is 11.5 Å². The lowest BCUT2D eigenvalue weighted by atomic mass is 10.0. The van der Waals surface area contributed by atoms with E-state index in [0.29, 0.717) is 17.1 Å². The van der Waals surface area contributed by atoms with Crippen LogP contribution >= 0.6 is 0 Å². The highest BCUT2D eigenvalue weighted by atomic mass is 32.2. The summed E-state index contributed by atoms with van der Waals surface area (Å²) in [5.74, 6) is 0.361. The molecule has 0 aliphatic rings. The number of hydrogen-bond donors (Lipinski definition) is 2. The van der Waals surface area contributed by atoms with E-state index in [-0.39, 0.29) is 17.9 Å². The summed E-state index contributed by atoms with van der Waals surface area (Å²) >= 11 is 0. The molecule has 1 unspecified atom stereocenters. The zero-order chi connectivity index (χ0) is 23.7. The zero-order valence-electron chi connectivity index (χ0n) is 18.9. The first-order valence-electron chi connectivity index (χ1n) is 9.87. The van der Waals surface area contributed by atoms with E-state index in [1.807, 2.05) is 6.92 Å². The van der Waals surface area contributed by atoms with Crippen molar-refractivity contribution in [2.45, 2.75) is 30.6 Å². The van der Waals surface area contributed by atoms with Gasteiger partial charge in [0.05, 0.1) is 31.7 Å². The molecule has 0 fully saturated rings. The first kappa shape index (κ1) is 25.6. The molecule has 2 rings (SSSR count). The van der Waals surface area contributed by atoms with E-state index < -0.39 is 28.3 Å². The molecule has 1 atom stereocenters. The molecule has 0 bridgehead atoms. The predicted molar refractivity (Wildman–Crippen MR) is 119 cm³/mol. The van der Waals surface area contributed by atoms with E-state index >= 15 is 0 Å². The summed E-state index contributed by atoms with van der Waals surface area (Å²) in [7, 11) is 1.92. The molecule has 1 amide bonds. The summed E-state index contributed by atoms with van der Waals surface area (Å²) in [6.45, 7) is 1.98. The van der Waals surface area contributed by atoms with Crippen molar-refractivity contribution >= 4 is 15.9 Å². The SMILES string of the molecule is COc1cccc(C(CC(=O)NCC(OC)OC)NS(=O)(=O)c2ccc(C)cc2)c1OC. The van der Waals surface area contributed by atoms with Crippen molar-refractivity contribution in [1.29, 1.82) is 0 Å². The molecule has 0 heterocycles. The van der Waals surface area contributed by atoms with Crippen molar-refractivity contribution in [1.82, 2.24) is 10.0 Å². The molecule has 2 aromatic rings. The molecule has 0 spiro atoms. The number of ether oxygens (including phenoxy) is 4. The summed E-state index contributed by atoms with van der Waals surface area (Å²) in [5.41, 5.74) is 1.40. The van der Waals surface area contributed by atoms with Crippen LogP contribution in [-0.2, 0) is 24.3 Å². The predicted octanol–water partition coefficient (Wildman–Crippen LogP) is 2.16. The van der Waals surface area contributed by atoms with Crippen LogP contribution in [0, 0.1) is 6.92 Å². The number of rotatable bonds is 12. The molecule has 2 N–H and O–H groups in total. The van der Waals surface area contributed by atoms with Gasteiger partial charge in [0.25, 0.3) is 0 Å². The first-order chi connectivity index (χ1) is 15.2. The smallest absolute Gasteiger partial charge is 0.241 e. The van der Waals surface area contributed by atoms with Gasteiger partial charge in [-0.2, -0.15) is 0 Å². The zero-order valence-corrected chi connectivity index (χ0v) is 19.7. The van der Waals surface area contributed by atoms with Gasteiger partial charge in [-0.1, -0.05) is 29.8 Å². The third-order valence-corrected chi connectivity index (χ3v) is 6.31. The summed E-state index contributed by atoms with van der Waals surface area (Å²) in [6.07, 6.45) is -0.803. The number of aryl methyl sites for hydroxylation is 1. The molecular weight excluding hydrogens is 436 g/mol. The minimum Gasteiger partial charge on any atom is -0.493 e. The van der Waals surface area contributed by atoms with E-state index in [2.05, 4.69) is 10.0 Å². The molecule has 2 aromatic carbocycles. The Morgan fingerprint density at radius 1 is 0.969 bits per heavy atom. The van der Waals surface area contributed by atoms with Crippen LogP contribution in [0.15, 0.2) is 47.4 Å². The van der Waals surface area contributed by atoms with Crippen molar-refractivity contribution in [3.05, 3.63) is 53.6 Å². The molecule has 0 aliphatic carbocycles. The fourth-order valence-electron chi connectivity index (χ4n) is 3.09. The summed E-state index contributed by atoms with van der Waals surface area (Å²) in [4.78, 5) is 12.7. The number of para-hydroxylation sites is 1. The minimum absolute atomic E-state index is 0.0919. The van der Waals surface area contributed by atoms with E-state index in [9.17, 15) is 13.2 Å². The molecule has 0 aliphatic heterocycles. The Morgan fingerprint density at radius 3 is 2.19 bits per heavy atom. The average Bonchev–Trinajstić information content (AvgIpc) is 2.78. The minimum atomic E-state index is -3.93. The van der Waals surface area contributed by atoms with Gasteiger partial charge in [0, 0.05) is 26.2 Å². The van der Waals surface area contributed by atoms with Gasteiger partial charge in [0.2, 0.25) is 15.9 Å². The third-order valence-electron chi connectivity index (χ3n) is 4.82. The number of sulfonamides is 1. The summed E-state index contributed by atoms with van der Waals surface area (Å²) in [6, 6.07) is 10.6. The van der Waals surface area contributed by atoms with Crippen molar-refractivity contribution in [2.24, 2.45) is 0 Å². The van der Waals surface area contributed by atoms with Crippen LogP contribution in [0.25, 0.3) is 0 Å². The van der Waals surface area contributed by atoms with Crippen molar-refractivity contribution in [2.75, 3.05) is 35.0 Å². The van der Waals surface area contributed by atoms with Gasteiger partial charge in [-0.15, -0.1) is 0 Å². The third kappa shape index (κ3) is 6.67. The van der Waals surface area contributed by atoms with Gasteiger partial charge in [-0.3, -0.25) is 4.79 Å². The topological polar surface area (TPSA) is 112 Å². The van der Waals surface area contributed by atoms with Crippen LogP contribution in [-0.4, -0.2) is 55.6 Å². The fraction of sp³-hybridized carbons (Fsp3) is 0.409.